The molecule has 1 unspecified atom stereocenters. The minimum atomic E-state index is -0.124. The molecule has 4 heteroatoms. The predicted molar refractivity (Wildman–Crippen MR) is 82.6 cm³/mol. The summed E-state index contributed by atoms with van der Waals surface area (Å²) in [6.07, 6.45) is 3.51. The molecule has 1 saturated heterocycles. The fourth-order valence-electron chi connectivity index (χ4n) is 2.77. The van der Waals surface area contributed by atoms with E-state index in [1.807, 2.05) is 12.1 Å². The number of hydrogen-bond acceptors (Lipinski definition) is 3. The van der Waals surface area contributed by atoms with Gasteiger partial charge in [0.15, 0.2) is 0 Å². The summed E-state index contributed by atoms with van der Waals surface area (Å²) in [5.74, 6) is -0.124. The average molecular weight is 279 g/mol. The van der Waals surface area contributed by atoms with Crippen LogP contribution in [0.25, 0.3) is 0 Å². The highest BCUT2D eigenvalue weighted by molar-refractivity contribution is 5.47. The first-order chi connectivity index (χ1) is 9.70. The number of anilines is 1. The Morgan fingerprint density at radius 2 is 1.90 bits per heavy atom. The van der Waals surface area contributed by atoms with Crippen LogP contribution in [0.4, 0.5) is 10.1 Å². The average Bonchev–Trinajstić information content (AvgIpc) is 2.47. The molecule has 0 aliphatic carbocycles. The van der Waals surface area contributed by atoms with Crippen LogP contribution in [0.3, 0.4) is 0 Å². The lowest BCUT2D eigenvalue weighted by molar-refractivity contribution is 0.237. The Labute approximate surface area is 121 Å². The van der Waals surface area contributed by atoms with Crippen molar-refractivity contribution in [2.45, 2.75) is 32.2 Å². The molecule has 2 rings (SSSR count). The molecular weight excluding hydrogens is 253 g/mol. The summed E-state index contributed by atoms with van der Waals surface area (Å²) >= 11 is 0. The Bertz CT molecular complexity index is 402. The van der Waals surface area contributed by atoms with Gasteiger partial charge >= 0.3 is 0 Å². The van der Waals surface area contributed by atoms with E-state index in [1.165, 1.54) is 18.9 Å². The first kappa shape index (κ1) is 15.3. The quantitative estimate of drug-likeness (QED) is 0.868. The molecule has 0 aromatic heterocycles. The van der Waals surface area contributed by atoms with Gasteiger partial charge in [-0.15, -0.1) is 0 Å². The summed E-state index contributed by atoms with van der Waals surface area (Å²) < 4.78 is 13.7. The van der Waals surface area contributed by atoms with Crippen LogP contribution in [0.2, 0.25) is 0 Å². The fraction of sp³-hybridized carbons (Fsp3) is 0.625. The molecule has 1 fully saturated rings. The van der Waals surface area contributed by atoms with Crippen LogP contribution in [0.5, 0.6) is 0 Å². The van der Waals surface area contributed by atoms with Crippen LogP contribution in [0, 0.1) is 5.82 Å². The van der Waals surface area contributed by atoms with Gasteiger partial charge in [0.1, 0.15) is 5.82 Å². The van der Waals surface area contributed by atoms with Crippen molar-refractivity contribution in [1.82, 2.24) is 4.90 Å². The standard InChI is InChI=1S/C16H26FN3/c1-2-3-6-14(18)13-19-9-11-20(12-10-19)16-8-5-4-7-15(16)17/h4-5,7-8,14H,2-3,6,9-13,18H2,1H3. The van der Waals surface area contributed by atoms with Gasteiger partial charge in [-0.3, -0.25) is 4.90 Å². The highest BCUT2D eigenvalue weighted by Gasteiger charge is 2.20. The predicted octanol–water partition coefficient (Wildman–Crippen LogP) is 2.47. The summed E-state index contributed by atoms with van der Waals surface area (Å²) in [4.78, 5) is 4.53. The molecular formula is C16H26FN3. The normalized spacial score (nSPS) is 18.2. The Balaban J connectivity index is 1.79. The lowest BCUT2D eigenvalue weighted by Gasteiger charge is -2.37. The molecule has 1 aromatic carbocycles. The van der Waals surface area contributed by atoms with E-state index in [-0.39, 0.29) is 11.9 Å². The van der Waals surface area contributed by atoms with Gasteiger partial charge in [0.25, 0.3) is 0 Å². The number of piperazine rings is 1. The number of para-hydroxylation sites is 1. The number of benzene rings is 1. The second-order valence-electron chi connectivity index (χ2n) is 5.64. The Kier molecular flexibility index (Phi) is 5.80. The molecule has 1 aliphatic rings. The number of hydrogen-bond donors (Lipinski definition) is 1. The number of halogens is 1. The van der Waals surface area contributed by atoms with Crippen molar-refractivity contribution in [2.24, 2.45) is 5.73 Å². The first-order valence-electron chi connectivity index (χ1n) is 7.68. The minimum absolute atomic E-state index is 0.124. The molecule has 3 nitrogen and oxygen atoms in total. The van der Waals surface area contributed by atoms with Crippen molar-refractivity contribution in [3.8, 4) is 0 Å². The van der Waals surface area contributed by atoms with Gasteiger partial charge in [0.05, 0.1) is 5.69 Å². The molecule has 1 aromatic rings. The first-order valence-corrected chi connectivity index (χ1v) is 7.68. The molecule has 0 radical (unpaired) electrons. The molecule has 1 atom stereocenters. The van der Waals surface area contributed by atoms with E-state index in [0.717, 1.165) is 44.8 Å². The van der Waals surface area contributed by atoms with Crippen molar-refractivity contribution in [1.29, 1.82) is 0 Å². The zero-order valence-electron chi connectivity index (χ0n) is 12.4. The maximum absolute atomic E-state index is 13.7. The smallest absolute Gasteiger partial charge is 0.146 e. The lowest BCUT2D eigenvalue weighted by atomic mass is 10.1. The van der Waals surface area contributed by atoms with E-state index in [0.29, 0.717) is 0 Å². The summed E-state index contributed by atoms with van der Waals surface area (Å²) in [6, 6.07) is 7.29. The largest absolute Gasteiger partial charge is 0.367 e. The molecule has 0 spiro atoms. The molecule has 0 amide bonds. The third kappa shape index (κ3) is 4.18. The van der Waals surface area contributed by atoms with Crippen molar-refractivity contribution < 1.29 is 4.39 Å². The lowest BCUT2D eigenvalue weighted by Crippen LogP contribution is -2.50. The van der Waals surface area contributed by atoms with Gasteiger partial charge in [0.2, 0.25) is 0 Å². The second-order valence-corrected chi connectivity index (χ2v) is 5.64. The van der Waals surface area contributed by atoms with E-state index in [1.54, 1.807) is 6.07 Å². The summed E-state index contributed by atoms with van der Waals surface area (Å²) in [7, 11) is 0. The highest BCUT2D eigenvalue weighted by Crippen LogP contribution is 2.20. The van der Waals surface area contributed by atoms with Crippen LogP contribution < -0.4 is 10.6 Å². The number of nitrogens with two attached hydrogens (primary N) is 1. The molecule has 1 heterocycles. The minimum Gasteiger partial charge on any atom is -0.367 e. The van der Waals surface area contributed by atoms with Crippen molar-refractivity contribution in [3.63, 3.8) is 0 Å². The van der Waals surface area contributed by atoms with Crippen LogP contribution in [0.15, 0.2) is 24.3 Å². The fourth-order valence-corrected chi connectivity index (χ4v) is 2.77. The third-order valence-corrected chi connectivity index (χ3v) is 3.99. The van der Waals surface area contributed by atoms with Gasteiger partial charge < -0.3 is 10.6 Å². The highest BCUT2D eigenvalue weighted by atomic mass is 19.1. The molecule has 112 valence electrons. The monoisotopic (exact) mass is 279 g/mol. The van der Waals surface area contributed by atoms with Crippen LogP contribution in [0.1, 0.15) is 26.2 Å². The summed E-state index contributed by atoms with van der Waals surface area (Å²) in [6.45, 7) is 6.84. The van der Waals surface area contributed by atoms with E-state index in [9.17, 15) is 4.39 Å². The molecule has 0 bridgehead atoms. The van der Waals surface area contributed by atoms with Crippen molar-refractivity contribution in [2.75, 3.05) is 37.6 Å². The Morgan fingerprint density at radius 3 is 2.55 bits per heavy atom. The van der Waals surface area contributed by atoms with Gasteiger partial charge in [0, 0.05) is 38.8 Å². The zero-order valence-corrected chi connectivity index (χ0v) is 12.4. The van der Waals surface area contributed by atoms with Crippen molar-refractivity contribution in [3.05, 3.63) is 30.1 Å². The molecule has 20 heavy (non-hydrogen) atoms. The summed E-state index contributed by atoms with van der Waals surface area (Å²) in [5, 5.41) is 0. The molecule has 0 saturated carbocycles. The van der Waals surface area contributed by atoms with Gasteiger partial charge in [-0.1, -0.05) is 31.9 Å². The van der Waals surface area contributed by atoms with E-state index in [2.05, 4.69) is 16.7 Å². The summed E-state index contributed by atoms with van der Waals surface area (Å²) in [5.41, 5.74) is 6.87. The Morgan fingerprint density at radius 1 is 1.20 bits per heavy atom. The maximum Gasteiger partial charge on any atom is 0.146 e. The zero-order chi connectivity index (χ0) is 14.4. The molecule has 1 aliphatic heterocycles. The molecule has 2 N–H and O–H groups in total. The van der Waals surface area contributed by atoms with Gasteiger partial charge in [-0.25, -0.2) is 4.39 Å². The van der Waals surface area contributed by atoms with Crippen LogP contribution >= 0.6 is 0 Å². The van der Waals surface area contributed by atoms with E-state index >= 15 is 0 Å². The van der Waals surface area contributed by atoms with E-state index < -0.39 is 0 Å². The number of unbranched alkanes of at least 4 members (excludes halogenated alkanes) is 1. The van der Waals surface area contributed by atoms with Gasteiger partial charge in [-0.2, -0.15) is 0 Å². The topological polar surface area (TPSA) is 32.5 Å². The van der Waals surface area contributed by atoms with E-state index in [4.69, 9.17) is 5.73 Å². The van der Waals surface area contributed by atoms with Crippen molar-refractivity contribution >= 4 is 5.69 Å². The number of nitrogens with zero attached hydrogens (tertiary/aromatic N) is 2. The third-order valence-electron chi connectivity index (χ3n) is 3.99. The Hall–Kier alpha value is -1.13. The van der Waals surface area contributed by atoms with Gasteiger partial charge in [-0.05, 0) is 18.6 Å². The van der Waals surface area contributed by atoms with Crippen LogP contribution in [-0.2, 0) is 0 Å². The maximum atomic E-state index is 13.7. The second kappa shape index (κ2) is 7.60. The number of rotatable bonds is 6. The van der Waals surface area contributed by atoms with Crippen LogP contribution in [-0.4, -0.2) is 43.7 Å². The SMILES string of the molecule is CCCCC(N)CN1CCN(c2ccccc2F)CC1.